The number of nitrogens with two attached hydrogens (primary N) is 1. The molecule has 1 aliphatic carbocycles. The molecule has 1 aromatic rings. The fraction of sp³-hybridized carbons (Fsp3) is 0.692. The van der Waals surface area contributed by atoms with Crippen LogP contribution in [0.3, 0.4) is 0 Å². The van der Waals surface area contributed by atoms with Crippen molar-refractivity contribution in [2.75, 3.05) is 0 Å². The summed E-state index contributed by atoms with van der Waals surface area (Å²) >= 11 is 0. The summed E-state index contributed by atoms with van der Waals surface area (Å²) in [6.07, 6.45) is 8.07. The molecule has 2 N–H and O–H groups in total. The third kappa shape index (κ3) is 3.40. The molecule has 1 aromatic heterocycles. The molecular weight excluding hydrogens is 214 g/mol. The van der Waals surface area contributed by atoms with Crippen LogP contribution < -0.4 is 5.73 Å². The number of carbonyl (C=O) groups is 1. The SMILES string of the molecule is CCCn1ccnc1CC(=O)CC(N)C1CC1. The smallest absolute Gasteiger partial charge is 0.141 e. The Morgan fingerprint density at radius 2 is 2.41 bits per heavy atom. The van der Waals surface area contributed by atoms with Gasteiger partial charge in [0.2, 0.25) is 0 Å². The zero-order valence-corrected chi connectivity index (χ0v) is 10.4. The third-order valence-electron chi connectivity index (χ3n) is 3.31. The van der Waals surface area contributed by atoms with E-state index < -0.39 is 0 Å². The van der Waals surface area contributed by atoms with Crippen LogP contribution in [0.5, 0.6) is 0 Å². The average molecular weight is 235 g/mol. The molecule has 0 aromatic carbocycles. The Bertz CT molecular complexity index is 382. The number of ketones is 1. The van der Waals surface area contributed by atoms with Gasteiger partial charge in [-0.2, -0.15) is 0 Å². The molecule has 1 atom stereocenters. The van der Waals surface area contributed by atoms with Crippen LogP contribution in [-0.2, 0) is 17.8 Å². The minimum absolute atomic E-state index is 0.0667. The molecule has 17 heavy (non-hydrogen) atoms. The first-order chi connectivity index (χ1) is 8.20. The summed E-state index contributed by atoms with van der Waals surface area (Å²) in [5.74, 6) is 1.68. The van der Waals surface area contributed by atoms with Crippen molar-refractivity contribution in [2.24, 2.45) is 11.7 Å². The lowest BCUT2D eigenvalue weighted by molar-refractivity contribution is -0.119. The van der Waals surface area contributed by atoms with Crippen molar-refractivity contribution < 1.29 is 4.79 Å². The highest BCUT2D eigenvalue weighted by molar-refractivity contribution is 5.80. The van der Waals surface area contributed by atoms with Crippen molar-refractivity contribution in [3.63, 3.8) is 0 Å². The number of aromatic nitrogens is 2. The lowest BCUT2D eigenvalue weighted by Gasteiger charge is -2.09. The van der Waals surface area contributed by atoms with Crippen molar-refractivity contribution in [1.82, 2.24) is 9.55 Å². The summed E-state index contributed by atoms with van der Waals surface area (Å²) in [5, 5.41) is 0. The van der Waals surface area contributed by atoms with Crippen LogP contribution in [0, 0.1) is 5.92 Å². The molecular formula is C13H21N3O. The maximum Gasteiger partial charge on any atom is 0.141 e. The molecule has 2 rings (SSSR count). The maximum atomic E-state index is 11.9. The van der Waals surface area contributed by atoms with Crippen LogP contribution in [0.4, 0.5) is 0 Å². The van der Waals surface area contributed by atoms with Gasteiger partial charge in [-0.15, -0.1) is 0 Å². The van der Waals surface area contributed by atoms with Crippen LogP contribution in [0.2, 0.25) is 0 Å². The van der Waals surface area contributed by atoms with E-state index in [9.17, 15) is 4.79 Å². The number of hydrogen-bond acceptors (Lipinski definition) is 3. The largest absolute Gasteiger partial charge is 0.335 e. The van der Waals surface area contributed by atoms with E-state index in [0.717, 1.165) is 18.8 Å². The van der Waals surface area contributed by atoms with Crippen molar-refractivity contribution in [3.05, 3.63) is 18.2 Å². The van der Waals surface area contributed by atoms with Crippen molar-refractivity contribution >= 4 is 5.78 Å². The van der Waals surface area contributed by atoms with Crippen LogP contribution in [0.15, 0.2) is 12.4 Å². The third-order valence-corrected chi connectivity index (χ3v) is 3.31. The first-order valence-corrected chi connectivity index (χ1v) is 6.48. The highest BCUT2D eigenvalue weighted by Gasteiger charge is 2.29. The van der Waals surface area contributed by atoms with Gasteiger partial charge in [0, 0.05) is 31.4 Å². The van der Waals surface area contributed by atoms with Gasteiger partial charge in [-0.25, -0.2) is 4.98 Å². The monoisotopic (exact) mass is 235 g/mol. The molecule has 94 valence electrons. The lowest BCUT2D eigenvalue weighted by Crippen LogP contribution is -2.27. The number of hydrogen-bond donors (Lipinski definition) is 1. The van der Waals surface area contributed by atoms with Gasteiger partial charge in [0.1, 0.15) is 11.6 Å². The summed E-state index contributed by atoms with van der Waals surface area (Å²) in [4.78, 5) is 16.1. The van der Waals surface area contributed by atoms with Gasteiger partial charge in [-0.3, -0.25) is 4.79 Å². The molecule has 0 spiro atoms. The molecule has 1 aliphatic rings. The van der Waals surface area contributed by atoms with Crippen molar-refractivity contribution in [1.29, 1.82) is 0 Å². The Morgan fingerprint density at radius 3 is 3.06 bits per heavy atom. The van der Waals surface area contributed by atoms with Crippen molar-refractivity contribution in [2.45, 2.75) is 51.6 Å². The van der Waals surface area contributed by atoms with Crippen LogP contribution in [0.25, 0.3) is 0 Å². The number of imidazole rings is 1. The maximum absolute atomic E-state index is 11.9. The fourth-order valence-electron chi connectivity index (χ4n) is 2.15. The van der Waals surface area contributed by atoms with E-state index in [2.05, 4.69) is 16.5 Å². The van der Waals surface area contributed by atoms with E-state index in [1.54, 1.807) is 6.20 Å². The van der Waals surface area contributed by atoms with Gasteiger partial charge in [-0.1, -0.05) is 6.92 Å². The molecule has 0 amide bonds. The fourth-order valence-corrected chi connectivity index (χ4v) is 2.15. The average Bonchev–Trinajstić information content (AvgIpc) is 3.04. The topological polar surface area (TPSA) is 60.9 Å². The molecule has 0 bridgehead atoms. The summed E-state index contributed by atoms with van der Waals surface area (Å²) in [6, 6.07) is 0.0667. The summed E-state index contributed by atoms with van der Waals surface area (Å²) < 4.78 is 2.06. The highest BCUT2D eigenvalue weighted by atomic mass is 16.1. The summed E-state index contributed by atoms with van der Waals surface area (Å²) in [5.41, 5.74) is 5.96. The summed E-state index contributed by atoms with van der Waals surface area (Å²) in [7, 11) is 0. The van der Waals surface area contributed by atoms with Gasteiger partial charge in [0.25, 0.3) is 0 Å². The molecule has 1 fully saturated rings. The quantitative estimate of drug-likeness (QED) is 0.779. The Balaban J connectivity index is 1.86. The molecule has 0 aliphatic heterocycles. The molecule has 4 heteroatoms. The second-order valence-corrected chi connectivity index (χ2v) is 4.96. The Hall–Kier alpha value is -1.16. The molecule has 1 heterocycles. The first kappa shape index (κ1) is 12.3. The second kappa shape index (κ2) is 5.45. The van der Waals surface area contributed by atoms with Crippen LogP contribution >= 0.6 is 0 Å². The lowest BCUT2D eigenvalue weighted by atomic mass is 10.0. The highest BCUT2D eigenvalue weighted by Crippen LogP contribution is 2.32. The number of aryl methyl sites for hydroxylation is 1. The number of nitrogens with zero attached hydrogens (tertiary/aromatic N) is 2. The van der Waals surface area contributed by atoms with Crippen LogP contribution in [-0.4, -0.2) is 21.4 Å². The minimum atomic E-state index is 0.0667. The molecule has 0 saturated heterocycles. The van der Waals surface area contributed by atoms with E-state index in [-0.39, 0.29) is 11.8 Å². The summed E-state index contributed by atoms with van der Waals surface area (Å²) in [6.45, 7) is 3.05. The zero-order valence-electron chi connectivity index (χ0n) is 10.4. The number of Topliss-reactive ketones (excluding diaryl/α,β-unsaturated/α-hetero) is 1. The van der Waals surface area contributed by atoms with Crippen molar-refractivity contribution in [3.8, 4) is 0 Å². The second-order valence-electron chi connectivity index (χ2n) is 4.96. The number of rotatable bonds is 7. The molecule has 1 unspecified atom stereocenters. The standard InChI is InChI=1S/C13H21N3O/c1-2-6-16-7-5-15-13(16)9-11(17)8-12(14)10-3-4-10/h5,7,10,12H,2-4,6,8-9,14H2,1H3. The van der Waals surface area contributed by atoms with E-state index in [0.29, 0.717) is 18.8 Å². The van der Waals surface area contributed by atoms with E-state index in [1.807, 2.05) is 6.20 Å². The minimum Gasteiger partial charge on any atom is -0.335 e. The molecule has 0 radical (unpaired) electrons. The van der Waals surface area contributed by atoms with Gasteiger partial charge in [-0.05, 0) is 25.2 Å². The Labute approximate surface area is 102 Å². The van der Waals surface area contributed by atoms with E-state index in [4.69, 9.17) is 5.73 Å². The molecule has 1 saturated carbocycles. The Kier molecular flexibility index (Phi) is 3.94. The Morgan fingerprint density at radius 1 is 1.65 bits per heavy atom. The van der Waals surface area contributed by atoms with Crippen LogP contribution in [0.1, 0.15) is 38.4 Å². The first-order valence-electron chi connectivity index (χ1n) is 6.48. The van der Waals surface area contributed by atoms with Gasteiger partial charge in [0.15, 0.2) is 0 Å². The van der Waals surface area contributed by atoms with E-state index >= 15 is 0 Å². The number of carbonyl (C=O) groups excluding carboxylic acids is 1. The van der Waals surface area contributed by atoms with Gasteiger partial charge < -0.3 is 10.3 Å². The predicted molar refractivity (Wildman–Crippen MR) is 66.5 cm³/mol. The zero-order chi connectivity index (χ0) is 12.3. The van der Waals surface area contributed by atoms with Gasteiger partial charge >= 0.3 is 0 Å². The predicted octanol–water partition coefficient (Wildman–Crippen LogP) is 1.53. The van der Waals surface area contributed by atoms with Gasteiger partial charge in [0.05, 0.1) is 6.42 Å². The van der Waals surface area contributed by atoms with E-state index in [1.165, 1.54) is 12.8 Å². The normalized spacial score (nSPS) is 17.1. The molecule has 4 nitrogen and oxygen atoms in total.